The lowest BCUT2D eigenvalue weighted by Crippen LogP contribution is -2.15. The van der Waals surface area contributed by atoms with Crippen LogP contribution < -0.4 is 10.6 Å². The molecule has 0 aliphatic rings. The van der Waals surface area contributed by atoms with Crippen LogP contribution in [0.4, 0.5) is 11.6 Å². The van der Waals surface area contributed by atoms with Crippen molar-refractivity contribution in [3.63, 3.8) is 0 Å². The molecule has 0 aromatic carbocycles. The van der Waals surface area contributed by atoms with Gasteiger partial charge in [0, 0.05) is 19.2 Å². The molecule has 0 saturated carbocycles. The Morgan fingerprint density at radius 1 is 1.17 bits per heavy atom. The zero-order valence-electron chi connectivity index (χ0n) is 12.0. The van der Waals surface area contributed by atoms with Gasteiger partial charge in [-0.25, -0.2) is 9.97 Å². The average molecular weight is 251 g/mol. The van der Waals surface area contributed by atoms with Crippen molar-refractivity contribution in [3.05, 3.63) is 11.9 Å². The number of hydrogen-bond acceptors (Lipinski definition) is 5. The summed E-state index contributed by atoms with van der Waals surface area (Å²) in [7, 11) is 6.10. The van der Waals surface area contributed by atoms with E-state index in [4.69, 9.17) is 0 Å². The van der Waals surface area contributed by atoms with Gasteiger partial charge in [0.1, 0.15) is 18.0 Å². The molecular weight excluding hydrogens is 226 g/mol. The fourth-order valence-corrected chi connectivity index (χ4v) is 1.87. The minimum atomic E-state index is 0.920. The zero-order valence-corrected chi connectivity index (χ0v) is 12.0. The molecule has 0 aliphatic heterocycles. The van der Waals surface area contributed by atoms with Crippen molar-refractivity contribution in [1.29, 1.82) is 0 Å². The largest absolute Gasteiger partial charge is 0.373 e. The molecule has 2 N–H and O–H groups in total. The van der Waals surface area contributed by atoms with Crippen LogP contribution in [0.1, 0.15) is 25.3 Å². The first-order valence-electron chi connectivity index (χ1n) is 6.59. The lowest BCUT2D eigenvalue weighted by molar-refractivity contribution is 0.396. The summed E-state index contributed by atoms with van der Waals surface area (Å²) in [6.07, 6.45) is 4.88. The van der Waals surface area contributed by atoms with Gasteiger partial charge in [-0.3, -0.25) is 0 Å². The maximum atomic E-state index is 4.32. The normalized spacial score (nSPS) is 10.7. The number of nitrogens with zero attached hydrogens (tertiary/aromatic N) is 3. The van der Waals surface area contributed by atoms with E-state index in [1.54, 1.807) is 6.33 Å². The van der Waals surface area contributed by atoms with Crippen LogP contribution in [0.3, 0.4) is 0 Å². The summed E-state index contributed by atoms with van der Waals surface area (Å²) in [4.78, 5) is 10.8. The first kappa shape index (κ1) is 14.7. The Hall–Kier alpha value is -1.36. The molecule has 0 radical (unpaired) electrons. The fourth-order valence-electron chi connectivity index (χ4n) is 1.87. The van der Waals surface area contributed by atoms with Gasteiger partial charge in [-0.05, 0) is 39.9 Å². The number of unbranched alkanes of at least 4 members (excludes halogenated alkanes) is 1. The van der Waals surface area contributed by atoms with Gasteiger partial charge in [-0.15, -0.1) is 0 Å². The summed E-state index contributed by atoms with van der Waals surface area (Å²) >= 11 is 0. The number of rotatable bonds is 8. The summed E-state index contributed by atoms with van der Waals surface area (Å²) in [5.41, 5.74) is 1.16. The molecule has 0 spiro atoms. The zero-order chi connectivity index (χ0) is 13.4. The third-order valence-electron chi connectivity index (χ3n) is 2.86. The third-order valence-corrected chi connectivity index (χ3v) is 2.86. The van der Waals surface area contributed by atoms with Crippen molar-refractivity contribution < 1.29 is 0 Å². The van der Waals surface area contributed by atoms with Gasteiger partial charge < -0.3 is 15.5 Å². The molecule has 1 heterocycles. The van der Waals surface area contributed by atoms with Crippen LogP contribution in [-0.2, 0) is 6.42 Å². The molecule has 5 nitrogen and oxygen atoms in total. The minimum Gasteiger partial charge on any atom is -0.373 e. The first-order chi connectivity index (χ1) is 8.69. The number of anilines is 2. The summed E-state index contributed by atoms with van der Waals surface area (Å²) in [5, 5.41) is 6.51. The number of hydrogen-bond donors (Lipinski definition) is 2. The van der Waals surface area contributed by atoms with E-state index >= 15 is 0 Å². The Morgan fingerprint density at radius 3 is 2.50 bits per heavy atom. The number of nitrogens with one attached hydrogen (secondary N) is 2. The highest BCUT2D eigenvalue weighted by Gasteiger charge is 2.07. The Morgan fingerprint density at radius 2 is 1.89 bits per heavy atom. The molecule has 0 fully saturated rings. The van der Waals surface area contributed by atoms with Gasteiger partial charge >= 0.3 is 0 Å². The lowest BCUT2D eigenvalue weighted by Gasteiger charge is -2.13. The van der Waals surface area contributed by atoms with Gasteiger partial charge in [-0.2, -0.15) is 0 Å². The van der Waals surface area contributed by atoms with Crippen molar-refractivity contribution in [3.8, 4) is 0 Å². The second-order valence-corrected chi connectivity index (χ2v) is 4.59. The van der Waals surface area contributed by atoms with E-state index in [2.05, 4.69) is 46.5 Å². The predicted octanol–water partition coefficient (Wildman–Crippen LogP) is 1.83. The molecule has 0 saturated heterocycles. The van der Waals surface area contributed by atoms with Gasteiger partial charge in [-0.1, -0.05) is 6.92 Å². The van der Waals surface area contributed by atoms with Gasteiger partial charge in [0.15, 0.2) is 0 Å². The van der Waals surface area contributed by atoms with E-state index in [-0.39, 0.29) is 0 Å². The van der Waals surface area contributed by atoms with Crippen LogP contribution >= 0.6 is 0 Å². The van der Waals surface area contributed by atoms with Gasteiger partial charge in [0.2, 0.25) is 0 Å². The van der Waals surface area contributed by atoms with Crippen molar-refractivity contribution in [2.75, 3.05) is 44.9 Å². The maximum Gasteiger partial charge on any atom is 0.134 e. The van der Waals surface area contributed by atoms with E-state index in [9.17, 15) is 0 Å². The highest BCUT2D eigenvalue weighted by atomic mass is 15.1. The molecule has 0 unspecified atom stereocenters. The molecule has 0 amide bonds. The van der Waals surface area contributed by atoms with Crippen LogP contribution in [0.5, 0.6) is 0 Å². The highest BCUT2D eigenvalue weighted by Crippen LogP contribution is 2.19. The molecule has 0 bridgehead atoms. The van der Waals surface area contributed by atoms with E-state index in [0.29, 0.717) is 0 Å². The second-order valence-electron chi connectivity index (χ2n) is 4.59. The van der Waals surface area contributed by atoms with Gasteiger partial charge in [0.05, 0.1) is 0 Å². The van der Waals surface area contributed by atoms with Crippen molar-refractivity contribution in [2.45, 2.75) is 26.2 Å². The Kier molecular flexibility index (Phi) is 6.43. The van der Waals surface area contributed by atoms with Crippen LogP contribution in [0.2, 0.25) is 0 Å². The van der Waals surface area contributed by atoms with E-state index < -0.39 is 0 Å². The SMILES string of the molecule is CCc1c(NC)ncnc1NCCCCN(C)C. The molecule has 0 aliphatic carbocycles. The third kappa shape index (κ3) is 4.49. The molecule has 1 aromatic rings. The molecule has 1 aromatic heterocycles. The maximum absolute atomic E-state index is 4.32. The Bertz CT molecular complexity index is 351. The molecule has 5 heteroatoms. The lowest BCUT2D eigenvalue weighted by atomic mass is 10.2. The van der Waals surface area contributed by atoms with E-state index in [1.807, 2.05) is 7.05 Å². The van der Waals surface area contributed by atoms with Crippen molar-refractivity contribution in [1.82, 2.24) is 14.9 Å². The van der Waals surface area contributed by atoms with E-state index in [1.165, 1.54) is 6.42 Å². The molecule has 18 heavy (non-hydrogen) atoms. The quantitative estimate of drug-likeness (QED) is 0.690. The van der Waals surface area contributed by atoms with Crippen LogP contribution in [0.25, 0.3) is 0 Å². The summed E-state index contributed by atoms with van der Waals surface area (Å²) in [5.74, 6) is 1.88. The summed E-state index contributed by atoms with van der Waals surface area (Å²) in [6.45, 7) is 4.21. The predicted molar refractivity (Wildman–Crippen MR) is 77.2 cm³/mol. The molecular formula is C13H25N5. The van der Waals surface area contributed by atoms with Gasteiger partial charge in [0.25, 0.3) is 0 Å². The molecule has 102 valence electrons. The van der Waals surface area contributed by atoms with Crippen molar-refractivity contribution in [2.24, 2.45) is 0 Å². The Labute approximate surface area is 110 Å². The van der Waals surface area contributed by atoms with Crippen LogP contribution in [0, 0.1) is 0 Å². The monoisotopic (exact) mass is 251 g/mol. The van der Waals surface area contributed by atoms with Crippen molar-refractivity contribution >= 4 is 11.6 Å². The smallest absolute Gasteiger partial charge is 0.134 e. The standard InChI is InChI=1S/C13H25N5/c1-5-11-12(14-2)16-10-17-13(11)15-8-6-7-9-18(3)4/h10H,5-9H2,1-4H3,(H2,14,15,16,17). The highest BCUT2D eigenvalue weighted by molar-refractivity contribution is 5.56. The average Bonchev–Trinajstić information content (AvgIpc) is 2.37. The summed E-state index contributed by atoms with van der Waals surface area (Å²) < 4.78 is 0. The first-order valence-corrected chi connectivity index (χ1v) is 6.59. The Balaban J connectivity index is 2.46. The topological polar surface area (TPSA) is 53.1 Å². The molecule has 0 atom stereocenters. The summed E-state index contributed by atoms with van der Waals surface area (Å²) in [6, 6.07) is 0. The fraction of sp³-hybridized carbons (Fsp3) is 0.692. The second kappa shape index (κ2) is 7.87. The van der Waals surface area contributed by atoms with Crippen LogP contribution in [-0.4, -0.2) is 49.1 Å². The van der Waals surface area contributed by atoms with E-state index in [0.717, 1.165) is 43.1 Å². The minimum absolute atomic E-state index is 0.920. The number of aromatic nitrogens is 2. The van der Waals surface area contributed by atoms with Crippen LogP contribution in [0.15, 0.2) is 6.33 Å². The molecule has 1 rings (SSSR count).